The lowest BCUT2D eigenvalue weighted by Gasteiger charge is -2.08. The van der Waals surface area contributed by atoms with Crippen molar-refractivity contribution in [2.45, 2.75) is 26.7 Å². The number of oxazole rings is 1. The number of aryl methyl sites for hydroxylation is 2. The topological polar surface area (TPSA) is 31.0 Å². The molecular weight excluding hydrogens is 464 g/mol. The molecule has 0 bridgehead atoms. The lowest BCUT2D eigenvalue weighted by atomic mass is 10.0. The van der Waals surface area contributed by atoms with Crippen LogP contribution in [0.25, 0.3) is 61.2 Å². The Morgan fingerprint density at radius 1 is 0.684 bits per heavy atom. The molecule has 0 N–H and O–H groups in total. The van der Waals surface area contributed by atoms with Gasteiger partial charge in [0.1, 0.15) is 5.52 Å². The zero-order valence-corrected chi connectivity index (χ0v) is 21.6. The summed E-state index contributed by atoms with van der Waals surface area (Å²) in [4.78, 5) is 4.83. The number of hydrogen-bond acceptors (Lipinski definition) is 2. The van der Waals surface area contributed by atoms with Crippen LogP contribution in [0.15, 0.2) is 114 Å². The molecule has 5 aromatic carbocycles. The van der Waals surface area contributed by atoms with E-state index in [2.05, 4.69) is 128 Å². The van der Waals surface area contributed by atoms with Crippen molar-refractivity contribution in [2.75, 3.05) is 0 Å². The van der Waals surface area contributed by atoms with Gasteiger partial charge in [0, 0.05) is 22.0 Å². The van der Waals surface area contributed by atoms with Gasteiger partial charge >= 0.3 is 0 Å². The normalized spacial score (nSPS) is 11.6. The van der Waals surface area contributed by atoms with Gasteiger partial charge in [-0.3, -0.25) is 0 Å². The van der Waals surface area contributed by atoms with Crippen LogP contribution in [0.5, 0.6) is 0 Å². The first kappa shape index (κ1) is 22.6. The Morgan fingerprint density at radius 2 is 1.39 bits per heavy atom. The highest BCUT2D eigenvalue weighted by molar-refractivity contribution is 6.10. The molecule has 7 aromatic rings. The second-order valence-electron chi connectivity index (χ2n) is 10.0. The second-order valence-corrected chi connectivity index (χ2v) is 10.0. The number of para-hydroxylation sites is 2. The number of nitrogens with zero attached hydrogens (tertiary/aromatic N) is 2. The number of fused-ring (bicyclic) bond motifs is 4. The molecule has 0 saturated heterocycles. The van der Waals surface area contributed by atoms with Gasteiger partial charge in [-0.25, -0.2) is 4.98 Å². The summed E-state index contributed by atoms with van der Waals surface area (Å²) in [6.07, 6.45) is 2.08. The van der Waals surface area contributed by atoms with E-state index in [0.29, 0.717) is 5.89 Å². The van der Waals surface area contributed by atoms with Crippen LogP contribution < -0.4 is 0 Å². The highest BCUT2D eigenvalue weighted by Crippen LogP contribution is 2.35. The Morgan fingerprint density at radius 3 is 2.21 bits per heavy atom. The Hall–Kier alpha value is -4.63. The van der Waals surface area contributed by atoms with Gasteiger partial charge in [0.05, 0.1) is 11.0 Å². The molecule has 2 heterocycles. The molecule has 0 radical (unpaired) electrons. The molecule has 0 spiro atoms. The summed E-state index contributed by atoms with van der Waals surface area (Å²) >= 11 is 0. The lowest BCUT2D eigenvalue weighted by molar-refractivity contribution is 0.614. The van der Waals surface area contributed by atoms with E-state index < -0.39 is 0 Å². The fourth-order valence-corrected chi connectivity index (χ4v) is 5.65. The lowest BCUT2D eigenvalue weighted by Crippen LogP contribution is -1.92. The number of aromatic nitrogens is 2. The van der Waals surface area contributed by atoms with Gasteiger partial charge in [-0.05, 0) is 84.1 Å². The molecule has 2 aromatic heterocycles. The highest BCUT2D eigenvalue weighted by atomic mass is 16.3. The molecule has 0 unspecified atom stereocenters. The van der Waals surface area contributed by atoms with Crippen LogP contribution in [0.2, 0.25) is 0 Å². The van der Waals surface area contributed by atoms with Crippen LogP contribution in [0.3, 0.4) is 0 Å². The summed E-state index contributed by atoms with van der Waals surface area (Å²) in [5.74, 6) is 0.677. The fraction of sp³-hybridized carbons (Fsp3) is 0.114. The first-order valence-electron chi connectivity index (χ1n) is 13.3. The van der Waals surface area contributed by atoms with Gasteiger partial charge in [-0.1, -0.05) is 74.0 Å². The maximum atomic E-state index is 6.28. The average molecular weight is 493 g/mol. The standard InChI is InChI=1S/C35H28N2O/c1-3-9-27-20-23(2)21-31-34(27)38-35(36-31)25-16-14-24(15-17-25)26-18-19-33-30(22-26)29-12-7-8-13-32(29)37(33)28-10-5-4-6-11-28/h4-8,10-22H,3,9H2,1-2H3. The van der Waals surface area contributed by atoms with Crippen molar-refractivity contribution in [1.82, 2.24) is 9.55 Å². The smallest absolute Gasteiger partial charge is 0.227 e. The summed E-state index contributed by atoms with van der Waals surface area (Å²) in [6.45, 7) is 4.32. The van der Waals surface area contributed by atoms with Crippen molar-refractivity contribution in [3.05, 3.63) is 120 Å². The van der Waals surface area contributed by atoms with Crippen LogP contribution in [0.4, 0.5) is 0 Å². The van der Waals surface area contributed by atoms with E-state index in [-0.39, 0.29) is 0 Å². The molecule has 184 valence electrons. The maximum Gasteiger partial charge on any atom is 0.227 e. The quantitative estimate of drug-likeness (QED) is 0.239. The monoisotopic (exact) mass is 492 g/mol. The maximum absolute atomic E-state index is 6.28. The van der Waals surface area contributed by atoms with Crippen LogP contribution in [0, 0.1) is 6.92 Å². The largest absolute Gasteiger partial charge is 0.436 e. The SMILES string of the molecule is CCCc1cc(C)cc2nc(-c3ccc(-c4ccc5c(c4)c4ccccc4n5-c4ccccc4)cc3)oc12. The minimum Gasteiger partial charge on any atom is -0.436 e. The Kier molecular flexibility index (Phi) is 5.36. The average Bonchev–Trinajstić information content (AvgIpc) is 3.53. The summed E-state index contributed by atoms with van der Waals surface area (Å²) in [6, 6.07) is 38.9. The van der Waals surface area contributed by atoms with Gasteiger partial charge in [-0.15, -0.1) is 0 Å². The molecule has 0 amide bonds. The number of hydrogen-bond donors (Lipinski definition) is 0. The van der Waals surface area contributed by atoms with Crippen LogP contribution in [-0.4, -0.2) is 9.55 Å². The van der Waals surface area contributed by atoms with Crippen molar-refractivity contribution in [3.8, 4) is 28.3 Å². The molecule has 0 aliphatic carbocycles. The van der Waals surface area contributed by atoms with E-state index in [1.807, 2.05) is 0 Å². The predicted molar refractivity (Wildman–Crippen MR) is 158 cm³/mol. The first-order valence-corrected chi connectivity index (χ1v) is 13.3. The third-order valence-corrected chi connectivity index (χ3v) is 7.38. The van der Waals surface area contributed by atoms with Gasteiger partial charge < -0.3 is 8.98 Å². The third-order valence-electron chi connectivity index (χ3n) is 7.38. The minimum atomic E-state index is 0.677. The fourth-order valence-electron chi connectivity index (χ4n) is 5.65. The van der Waals surface area contributed by atoms with Gasteiger partial charge in [0.25, 0.3) is 0 Å². The minimum absolute atomic E-state index is 0.677. The Labute approximate surface area is 222 Å². The Bertz CT molecular complexity index is 1930. The molecule has 0 aliphatic rings. The van der Waals surface area contributed by atoms with Gasteiger partial charge in [0.15, 0.2) is 5.58 Å². The highest BCUT2D eigenvalue weighted by Gasteiger charge is 2.15. The van der Waals surface area contributed by atoms with E-state index in [9.17, 15) is 0 Å². The second kappa shape index (κ2) is 9.04. The van der Waals surface area contributed by atoms with E-state index in [0.717, 1.165) is 29.5 Å². The molecule has 3 heteroatoms. The number of benzene rings is 5. The van der Waals surface area contributed by atoms with E-state index in [1.54, 1.807) is 0 Å². The van der Waals surface area contributed by atoms with Crippen LogP contribution in [0.1, 0.15) is 24.5 Å². The molecule has 7 rings (SSSR count). The van der Waals surface area contributed by atoms with Crippen molar-refractivity contribution >= 4 is 32.9 Å². The molecule has 0 saturated carbocycles. The summed E-state index contributed by atoms with van der Waals surface area (Å²) in [7, 11) is 0. The number of rotatable bonds is 5. The first-order chi connectivity index (χ1) is 18.7. The third kappa shape index (κ3) is 3.71. The molecule has 38 heavy (non-hydrogen) atoms. The molecular formula is C35H28N2O. The van der Waals surface area contributed by atoms with E-state index in [1.165, 1.54) is 49.7 Å². The zero-order chi connectivity index (χ0) is 25.6. The van der Waals surface area contributed by atoms with Crippen molar-refractivity contribution in [1.29, 1.82) is 0 Å². The van der Waals surface area contributed by atoms with Crippen molar-refractivity contribution in [3.63, 3.8) is 0 Å². The van der Waals surface area contributed by atoms with Crippen LogP contribution >= 0.6 is 0 Å². The van der Waals surface area contributed by atoms with Crippen molar-refractivity contribution in [2.24, 2.45) is 0 Å². The predicted octanol–water partition coefficient (Wildman–Crippen LogP) is 9.52. The molecule has 0 atom stereocenters. The van der Waals surface area contributed by atoms with Crippen molar-refractivity contribution < 1.29 is 4.42 Å². The Balaban J connectivity index is 1.29. The molecule has 0 fully saturated rings. The van der Waals surface area contributed by atoms with E-state index in [4.69, 9.17) is 9.40 Å². The van der Waals surface area contributed by atoms with E-state index >= 15 is 0 Å². The summed E-state index contributed by atoms with van der Waals surface area (Å²) in [5.41, 5.74) is 11.3. The zero-order valence-electron chi connectivity index (χ0n) is 21.6. The summed E-state index contributed by atoms with van der Waals surface area (Å²) in [5, 5.41) is 2.51. The summed E-state index contributed by atoms with van der Waals surface area (Å²) < 4.78 is 8.62. The van der Waals surface area contributed by atoms with Gasteiger partial charge in [-0.2, -0.15) is 0 Å². The molecule has 0 aliphatic heterocycles. The molecule has 3 nitrogen and oxygen atoms in total. The van der Waals surface area contributed by atoms with Crippen LogP contribution in [-0.2, 0) is 6.42 Å². The van der Waals surface area contributed by atoms with Gasteiger partial charge in [0.2, 0.25) is 5.89 Å².